The van der Waals surface area contributed by atoms with E-state index in [2.05, 4.69) is 20.7 Å². The summed E-state index contributed by atoms with van der Waals surface area (Å²) < 4.78 is 11.5. The number of pyridine rings is 1. The Kier molecular flexibility index (Phi) is 4.98. The van der Waals surface area contributed by atoms with Crippen LogP contribution in [0.5, 0.6) is 5.75 Å². The number of amides is 1. The minimum absolute atomic E-state index is 0.200. The third-order valence-corrected chi connectivity index (χ3v) is 3.48. The number of hydrogen-bond donors (Lipinski definition) is 2. The number of aromatic nitrogens is 3. The average molecular weight is 341 g/mol. The molecule has 8 nitrogen and oxygen atoms in total. The van der Waals surface area contributed by atoms with E-state index in [1.54, 1.807) is 24.7 Å². The van der Waals surface area contributed by atoms with Gasteiger partial charge in [-0.05, 0) is 30.7 Å². The van der Waals surface area contributed by atoms with Gasteiger partial charge in [-0.1, -0.05) is 12.1 Å². The number of methoxy groups -OCH3 is 1. The molecule has 0 bridgehead atoms. The minimum atomic E-state index is -0.573. The molecular weight excluding hydrogens is 322 g/mol. The highest BCUT2D eigenvalue weighted by molar-refractivity contribution is 5.82. The molecule has 0 aliphatic heterocycles. The highest BCUT2D eigenvalue weighted by Gasteiger charge is 2.08. The lowest BCUT2D eigenvalue weighted by atomic mass is 10.2. The molecule has 25 heavy (non-hydrogen) atoms. The molecule has 0 unspecified atom stereocenters. The van der Waals surface area contributed by atoms with E-state index in [0.29, 0.717) is 18.8 Å². The first kappa shape index (κ1) is 16.6. The SMILES string of the molecule is CCOC(=O)Nc1nc2cc(NCc3ccc(OC)cc3)ccn2n1. The summed E-state index contributed by atoms with van der Waals surface area (Å²) >= 11 is 0. The largest absolute Gasteiger partial charge is 0.497 e. The Bertz CT molecular complexity index is 860. The van der Waals surface area contributed by atoms with E-state index in [4.69, 9.17) is 9.47 Å². The van der Waals surface area contributed by atoms with Crippen molar-refractivity contribution in [3.05, 3.63) is 48.2 Å². The number of nitrogens with zero attached hydrogens (tertiary/aromatic N) is 3. The summed E-state index contributed by atoms with van der Waals surface area (Å²) in [5.74, 6) is 1.03. The summed E-state index contributed by atoms with van der Waals surface area (Å²) in [6, 6.07) is 11.6. The maximum Gasteiger partial charge on any atom is 0.414 e. The number of benzene rings is 1. The maximum atomic E-state index is 11.4. The van der Waals surface area contributed by atoms with Crippen LogP contribution >= 0.6 is 0 Å². The minimum Gasteiger partial charge on any atom is -0.497 e. The lowest BCUT2D eigenvalue weighted by Gasteiger charge is -2.07. The third-order valence-electron chi connectivity index (χ3n) is 3.48. The lowest BCUT2D eigenvalue weighted by molar-refractivity contribution is 0.167. The van der Waals surface area contributed by atoms with E-state index in [-0.39, 0.29) is 5.95 Å². The fraction of sp³-hybridized carbons (Fsp3) is 0.235. The van der Waals surface area contributed by atoms with Gasteiger partial charge in [0, 0.05) is 24.5 Å². The van der Waals surface area contributed by atoms with Gasteiger partial charge in [0.1, 0.15) is 5.75 Å². The molecule has 3 rings (SSSR count). The van der Waals surface area contributed by atoms with Crippen LogP contribution in [0.15, 0.2) is 42.6 Å². The van der Waals surface area contributed by atoms with Crippen LogP contribution in [-0.2, 0) is 11.3 Å². The number of fused-ring (bicyclic) bond motifs is 1. The van der Waals surface area contributed by atoms with Gasteiger partial charge in [0.15, 0.2) is 5.65 Å². The Morgan fingerprint density at radius 3 is 2.76 bits per heavy atom. The molecule has 0 aliphatic rings. The highest BCUT2D eigenvalue weighted by atomic mass is 16.5. The quantitative estimate of drug-likeness (QED) is 0.716. The second-order valence-electron chi connectivity index (χ2n) is 5.20. The van der Waals surface area contributed by atoms with Crippen molar-refractivity contribution in [2.24, 2.45) is 0 Å². The molecule has 0 fully saturated rings. The number of carbonyl (C=O) groups excluding carboxylic acids is 1. The Morgan fingerprint density at radius 2 is 2.04 bits per heavy atom. The van der Waals surface area contributed by atoms with E-state index in [1.165, 1.54) is 0 Å². The molecule has 0 radical (unpaired) electrons. The number of ether oxygens (including phenoxy) is 2. The Morgan fingerprint density at radius 1 is 1.24 bits per heavy atom. The van der Waals surface area contributed by atoms with E-state index < -0.39 is 6.09 Å². The van der Waals surface area contributed by atoms with Gasteiger partial charge < -0.3 is 14.8 Å². The number of hydrogen-bond acceptors (Lipinski definition) is 6. The van der Waals surface area contributed by atoms with Crippen LogP contribution in [0.3, 0.4) is 0 Å². The van der Waals surface area contributed by atoms with E-state index >= 15 is 0 Å². The molecule has 1 aromatic carbocycles. The van der Waals surface area contributed by atoms with Gasteiger partial charge in [0.2, 0.25) is 0 Å². The predicted octanol–water partition coefficient (Wildman–Crippen LogP) is 2.92. The molecule has 2 aromatic heterocycles. The van der Waals surface area contributed by atoms with Crippen molar-refractivity contribution in [3.63, 3.8) is 0 Å². The van der Waals surface area contributed by atoms with Gasteiger partial charge in [-0.25, -0.2) is 9.31 Å². The zero-order valence-electron chi connectivity index (χ0n) is 14.0. The summed E-state index contributed by atoms with van der Waals surface area (Å²) in [5.41, 5.74) is 2.65. The van der Waals surface area contributed by atoms with Crippen molar-refractivity contribution in [3.8, 4) is 5.75 Å². The Balaban J connectivity index is 1.66. The molecule has 0 atom stereocenters. The van der Waals surface area contributed by atoms with E-state index in [0.717, 1.165) is 17.0 Å². The first-order valence-corrected chi connectivity index (χ1v) is 7.85. The van der Waals surface area contributed by atoms with Crippen molar-refractivity contribution >= 4 is 23.4 Å². The first-order chi connectivity index (χ1) is 12.2. The number of carbonyl (C=O) groups is 1. The van der Waals surface area contributed by atoms with E-state index in [1.807, 2.05) is 36.4 Å². The zero-order chi connectivity index (χ0) is 17.6. The van der Waals surface area contributed by atoms with Gasteiger partial charge in [-0.15, -0.1) is 5.10 Å². The monoisotopic (exact) mass is 341 g/mol. The number of nitrogens with one attached hydrogen (secondary N) is 2. The molecule has 3 aromatic rings. The smallest absolute Gasteiger partial charge is 0.414 e. The maximum absolute atomic E-state index is 11.4. The molecule has 1 amide bonds. The normalized spacial score (nSPS) is 10.5. The Hall–Kier alpha value is -3.29. The standard InChI is InChI=1S/C17H19N5O3/c1-3-25-17(23)20-16-19-15-10-13(8-9-22(15)21-16)18-11-12-4-6-14(24-2)7-5-12/h4-10,18H,3,11H2,1-2H3,(H,20,21,23). The summed E-state index contributed by atoms with van der Waals surface area (Å²) in [4.78, 5) is 15.7. The van der Waals surface area contributed by atoms with Gasteiger partial charge in [-0.2, -0.15) is 4.98 Å². The van der Waals surface area contributed by atoms with E-state index in [9.17, 15) is 4.79 Å². The first-order valence-electron chi connectivity index (χ1n) is 7.85. The second kappa shape index (κ2) is 7.52. The van der Waals surface area contributed by atoms with Crippen molar-refractivity contribution < 1.29 is 14.3 Å². The summed E-state index contributed by atoms with van der Waals surface area (Å²) in [6.07, 6.45) is 1.20. The Labute approximate surface area is 144 Å². The summed E-state index contributed by atoms with van der Waals surface area (Å²) in [7, 11) is 1.64. The van der Waals surface area contributed by atoms with Crippen LogP contribution < -0.4 is 15.4 Å². The highest BCUT2D eigenvalue weighted by Crippen LogP contribution is 2.15. The number of anilines is 2. The summed E-state index contributed by atoms with van der Waals surface area (Å²) in [6.45, 7) is 2.69. The molecule has 130 valence electrons. The summed E-state index contributed by atoms with van der Waals surface area (Å²) in [5, 5.41) is 9.98. The fourth-order valence-corrected chi connectivity index (χ4v) is 2.25. The zero-order valence-corrected chi connectivity index (χ0v) is 14.0. The number of rotatable bonds is 6. The third kappa shape index (κ3) is 4.17. The molecular formula is C17H19N5O3. The molecule has 2 N–H and O–H groups in total. The van der Waals surface area contributed by atoms with Gasteiger partial charge in [-0.3, -0.25) is 5.32 Å². The molecule has 8 heteroatoms. The molecule has 0 saturated heterocycles. The second-order valence-corrected chi connectivity index (χ2v) is 5.20. The van der Waals surface area contributed by atoms with Crippen LogP contribution in [0.1, 0.15) is 12.5 Å². The van der Waals surface area contributed by atoms with Crippen LogP contribution in [0.4, 0.5) is 16.4 Å². The molecule has 0 spiro atoms. The fourth-order valence-electron chi connectivity index (χ4n) is 2.25. The van der Waals surface area contributed by atoms with Gasteiger partial charge in [0.05, 0.1) is 13.7 Å². The molecule has 2 heterocycles. The van der Waals surface area contributed by atoms with Crippen LogP contribution in [0.25, 0.3) is 5.65 Å². The van der Waals surface area contributed by atoms with Crippen molar-refractivity contribution in [1.82, 2.24) is 14.6 Å². The van der Waals surface area contributed by atoms with Crippen LogP contribution in [0.2, 0.25) is 0 Å². The average Bonchev–Trinajstić information content (AvgIpc) is 3.01. The predicted molar refractivity (Wildman–Crippen MR) is 94.0 cm³/mol. The topological polar surface area (TPSA) is 89.8 Å². The van der Waals surface area contributed by atoms with Gasteiger partial charge >= 0.3 is 6.09 Å². The van der Waals surface area contributed by atoms with Crippen LogP contribution in [0, 0.1) is 0 Å². The van der Waals surface area contributed by atoms with Gasteiger partial charge in [0.25, 0.3) is 5.95 Å². The van der Waals surface area contributed by atoms with Crippen molar-refractivity contribution in [2.75, 3.05) is 24.4 Å². The van der Waals surface area contributed by atoms with Crippen molar-refractivity contribution in [2.45, 2.75) is 13.5 Å². The molecule has 0 aliphatic carbocycles. The molecule has 0 saturated carbocycles. The van der Waals surface area contributed by atoms with Crippen molar-refractivity contribution in [1.29, 1.82) is 0 Å². The van der Waals surface area contributed by atoms with Crippen LogP contribution in [-0.4, -0.2) is 34.4 Å². The lowest BCUT2D eigenvalue weighted by Crippen LogP contribution is -2.14.